The molecule has 1 N–H and O–H groups in total. The van der Waals surface area contributed by atoms with E-state index in [0.29, 0.717) is 5.75 Å². The lowest BCUT2D eigenvalue weighted by atomic mass is 10.3. The van der Waals surface area contributed by atoms with E-state index in [1.54, 1.807) is 12.1 Å². The molecule has 106 valence electrons. The summed E-state index contributed by atoms with van der Waals surface area (Å²) in [6.45, 7) is 0. The second-order valence-electron chi connectivity index (χ2n) is 3.91. The van der Waals surface area contributed by atoms with E-state index in [2.05, 4.69) is 20.7 Å². The van der Waals surface area contributed by atoms with Gasteiger partial charge in [-0.15, -0.1) is 0 Å². The molecule has 0 aromatic heterocycles. The highest BCUT2D eigenvalue weighted by Crippen LogP contribution is 2.24. The van der Waals surface area contributed by atoms with Gasteiger partial charge in [0.1, 0.15) is 11.6 Å². The van der Waals surface area contributed by atoms with Crippen molar-refractivity contribution in [1.82, 2.24) is 0 Å². The summed E-state index contributed by atoms with van der Waals surface area (Å²) in [4.78, 5) is 0.0444. The molecule has 0 aliphatic rings. The minimum atomic E-state index is -3.84. The normalized spacial score (nSPS) is 11.2. The van der Waals surface area contributed by atoms with Crippen LogP contribution in [0.4, 0.5) is 10.1 Å². The fourth-order valence-corrected chi connectivity index (χ4v) is 2.85. The third-order valence-corrected chi connectivity index (χ3v) is 4.45. The summed E-state index contributed by atoms with van der Waals surface area (Å²) in [5.74, 6) is -0.314. The molecular weight excluding hydrogens is 349 g/mol. The third kappa shape index (κ3) is 3.29. The molecule has 0 saturated heterocycles. The Morgan fingerprint density at radius 3 is 2.40 bits per heavy atom. The minimum absolute atomic E-state index is 0.0444. The van der Waals surface area contributed by atoms with Crippen molar-refractivity contribution in [3.8, 4) is 5.75 Å². The standard InChI is InChI=1S/C13H11BrFNO3S/c1-19-10-4-7-12(15)13(8-10)16-20(17,18)11-5-2-9(14)3-6-11/h2-8,16H,1H3. The monoisotopic (exact) mass is 359 g/mol. The zero-order valence-electron chi connectivity index (χ0n) is 10.4. The van der Waals surface area contributed by atoms with Crippen LogP contribution in [0.5, 0.6) is 5.75 Å². The fraction of sp³-hybridized carbons (Fsp3) is 0.0769. The largest absolute Gasteiger partial charge is 0.497 e. The number of rotatable bonds is 4. The first-order valence-electron chi connectivity index (χ1n) is 5.54. The summed E-state index contributed by atoms with van der Waals surface area (Å²) in [5, 5.41) is 0. The topological polar surface area (TPSA) is 55.4 Å². The highest BCUT2D eigenvalue weighted by molar-refractivity contribution is 9.10. The molecule has 0 saturated carbocycles. The van der Waals surface area contributed by atoms with Crippen molar-refractivity contribution in [2.24, 2.45) is 0 Å². The molecule has 20 heavy (non-hydrogen) atoms. The van der Waals surface area contributed by atoms with Gasteiger partial charge < -0.3 is 4.74 Å². The number of benzene rings is 2. The summed E-state index contributed by atoms with van der Waals surface area (Å²) in [5.41, 5.74) is -0.160. The smallest absolute Gasteiger partial charge is 0.261 e. The zero-order valence-corrected chi connectivity index (χ0v) is 12.8. The zero-order chi connectivity index (χ0) is 14.8. The van der Waals surface area contributed by atoms with Gasteiger partial charge in [0.25, 0.3) is 10.0 Å². The number of anilines is 1. The predicted molar refractivity (Wildman–Crippen MR) is 77.9 cm³/mol. The second-order valence-corrected chi connectivity index (χ2v) is 6.50. The van der Waals surface area contributed by atoms with E-state index < -0.39 is 15.8 Å². The Labute approximate surface area is 124 Å². The molecule has 4 nitrogen and oxygen atoms in total. The van der Waals surface area contributed by atoms with Crippen LogP contribution in [-0.2, 0) is 10.0 Å². The van der Waals surface area contributed by atoms with Crippen molar-refractivity contribution >= 4 is 31.6 Å². The van der Waals surface area contributed by atoms with Crippen LogP contribution in [-0.4, -0.2) is 15.5 Å². The van der Waals surface area contributed by atoms with Gasteiger partial charge in [-0.2, -0.15) is 0 Å². The Morgan fingerprint density at radius 2 is 1.80 bits per heavy atom. The molecule has 2 rings (SSSR count). The molecule has 0 heterocycles. The molecule has 7 heteroatoms. The van der Waals surface area contributed by atoms with Crippen LogP contribution >= 0.6 is 15.9 Å². The fourth-order valence-electron chi connectivity index (χ4n) is 1.53. The quantitative estimate of drug-likeness (QED) is 0.909. The predicted octanol–water partition coefficient (Wildman–Crippen LogP) is 3.40. The van der Waals surface area contributed by atoms with E-state index in [9.17, 15) is 12.8 Å². The van der Waals surface area contributed by atoms with E-state index in [1.807, 2.05) is 0 Å². The summed E-state index contributed by atoms with van der Waals surface area (Å²) in [6.07, 6.45) is 0. The van der Waals surface area contributed by atoms with Gasteiger partial charge in [-0.05, 0) is 36.4 Å². The van der Waals surface area contributed by atoms with Gasteiger partial charge in [-0.25, -0.2) is 12.8 Å². The molecular formula is C13H11BrFNO3S. The Morgan fingerprint density at radius 1 is 1.15 bits per heavy atom. The number of nitrogens with one attached hydrogen (secondary N) is 1. The number of sulfonamides is 1. The van der Waals surface area contributed by atoms with E-state index in [0.717, 1.165) is 10.5 Å². The van der Waals surface area contributed by atoms with Gasteiger partial charge in [-0.3, -0.25) is 4.72 Å². The van der Waals surface area contributed by atoms with Crippen LogP contribution in [0.2, 0.25) is 0 Å². The van der Waals surface area contributed by atoms with Crippen molar-refractivity contribution in [2.45, 2.75) is 4.90 Å². The number of methoxy groups -OCH3 is 1. The molecule has 0 atom stereocenters. The van der Waals surface area contributed by atoms with Crippen LogP contribution in [0, 0.1) is 5.82 Å². The van der Waals surface area contributed by atoms with Crippen LogP contribution < -0.4 is 9.46 Å². The lowest BCUT2D eigenvalue weighted by Gasteiger charge is -2.10. The lowest BCUT2D eigenvalue weighted by molar-refractivity contribution is 0.414. The van der Waals surface area contributed by atoms with Crippen molar-refractivity contribution in [3.05, 3.63) is 52.8 Å². The molecule has 0 aliphatic carbocycles. The summed E-state index contributed by atoms with van der Waals surface area (Å²) >= 11 is 3.22. The van der Waals surface area contributed by atoms with Crippen LogP contribution in [0.1, 0.15) is 0 Å². The van der Waals surface area contributed by atoms with Crippen LogP contribution in [0.3, 0.4) is 0 Å². The maximum atomic E-state index is 13.6. The molecule has 0 amide bonds. The number of hydrogen-bond donors (Lipinski definition) is 1. The Bertz CT molecular complexity index is 717. The van der Waals surface area contributed by atoms with E-state index in [1.165, 1.54) is 31.4 Å². The Hall–Kier alpha value is -1.60. The first-order valence-corrected chi connectivity index (χ1v) is 7.82. The summed E-state index contributed by atoms with van der Waals surface area (Å²) < 4.78 is 45.8. The van der Waals surface area contributed by atoms with Crippen molar-refractivity contribution in [2.75, 3.05) is 11.8 Å². The lowest BCUT2D eigenvalue weighted by Crippen LogP contribution is -2.14. The molecule has 0 spiro atoms. The van der Waals surface area contributed by atoms with Gasteiger partial charge in [-0.1, -0.05) is 15.9 Å². The highest BCUT2D eigenvalue weighted by Gasteiger charge is 2.16. The van der Waals surface area contributed by atoms with Gasteiger partial charge in [0.05, 0.1) is 17.7 Å². The SMILES string of the molecule is COc1ccc(F)c(NS(=O)(=O)c2ccc(Br)cc2)c1. The molecule has 0 radical (unpaired) electrons. The second kappa shape index (κ2) is 5.80. The average molecular weight is 360 g/mol. The van der Waals surface area contributed by atoms with E-state index in [-0.39, 0.29) is 10.6 Å². The van der Waals surface area contributed by atoms with Crippen molar-refractivity contribution in [3.63, 3.8) is 0 Å². The van der Waals surface area contributed by atoms with E-state index in [4.69, 9.17) is 4.74 Å². The average Bonchev–Trinajstić information content (AvgIpc) is 2.41. The van der Waals surface area contributed by atoms with Gasteiger partial charge in [0.2, 0.25) is 0 Å². The molecule has 0 bridgehead atoms. The third-order valence-electron chi connectivity index (χ3n) is 2.54. The van der Waals surface area contributed by atoms with Gasteiger partial charge in [0, 0.05) is 10.5 Å². The number of hydrogen-bond acceptors (Lipinski definition) is 3. The Kier molecular flexibility index (Phi) is 4.29. The summed E-state index contributed by atoms with van der Waals surface area (Å²) in [7, 11) is -2.43. The maximum Gasteiger partial charge on any atom is 0.261 e. The molecule has 0 aliphatic heterocycles. The molecule has 0 fully saturated rings. The molecule has 2 aromatic rings. The van der Waals surface area contributed by atoms with Gasteiger partial charge >= 0.3 is 0 Å². The molecule has 2 aromatic carbocycles. The Balaban J connectivity index is 2.35. The summed E-state index contributed by atoms with van der Waals surface area (Å²) in [6, 6.07) is 9.86. The van der Waals surface area contributed by atoms with Crippen LogP contribution in [0.25, 0.3) is 0 Å². The number of halogens is 2. The van der Waals surface area contributed by atoms with Gasteiger partial charge in [0.15, 0.2) is 0 Å². The number of ether oxygens (including phenoxy) is 1. The maximum absolute atomic E-state index is 13.6. The molecule has 0 unspecified atom stereocenters. The van der Waals surface area contributed by atoms with Crippen LogP contribution in [0.15, 0.2) is 51.8 Å². The minimum Gasteiger partial charge on any atom is -0.497 e. The van der Waals surface area contributed by atoms with Crippen molar-refractivity contribution < 1.29 is 17.5 Å². The van der Waals surface area contributed by atoms with Crippen molar-refractivity contribution in [1.29, 1.82) is 0 Å². The first kappa shape index (κ1) is 14.8. The first-order chi connectivity index (χ1) is 9.42. The van der Waals surface area contributed by atoms with E-state index >= 15 is 0 Å². The highest BCUT2D eigenvalue weighted by atomic mass is 79.9.